The van der Waals surface area contributed by atoms with E-state index >= 15 is 0 Å². The summed E-state index contributed by atoms with van der Waals surface area (Å²) in [6, 6.07) is 8.73. The maximum Gasteiger partial charge on any atom is 0.263 e. The Morgan fingerprint density at radius 1 is 1.08 bits per heavy atom. The molecule has 2 amide bonds. The van der Waals surface area contributed by atoms with Crippen molar-refractivity contribution < 1.29 is 14.0 Å². The van der Waals surface area contributed by atoms with Crippen LogP contribution in [-0.2, 0) is 9.59 Å². The molecule has 0 aliphatic carbocycles. The lowest BCUT2D eigenvalue weighted by molar-refractivity contribution is -0.121. The summed E-state index contributed by atoms with van der Waals surface area (Å²) in [5, 5.41) is 9.54. The van der Waals surface area contributed by atoms with Crippen LogP contribution in [0.4, 0.5) is 15.8 Å². The van der Waals surface area contributed by atoms with E-state index in [0.717, 1.165) is 10.5 Å². The van der Waals surface area contributed by atoms with Gasteiger partial charge in [0.2, 0.25) is 0 Å². The first-order valence-corrected chi connectivity index (χ1v) is 7.95. The first kappa shape index (κ1) is 15.7. The fraction of sp³-hybridized carbons (Fsp3) is 0.176. The van der Waals surface area contributed by atoms with Crippen molar-refractivity contribution in [3.05, 3.63) is 58.9 Å². The number of aryl methyl sites for hydroxylation is 1. The summed E-state index contributed by atoms with van der Waals surface area (Å²) in [6.45, 7) is 1.83. The van der Waals surface area contributed by atoms with Crippen molar-refractivity contribution in [1.82, 2.24) is 0 Å². The number of imide groups is 1. The fourth-order valence-electron chi connectivity index (χ4n) is 2.97. The summed E-state index contributed by atoms with van der Waals surface area (Å²) >= 11 is 6.11. The number of halogens is 2. The van der Waals surface area contributed by atoms with E-state index in [4.69, 9.17) is 11.6 Å². The van der Waals surface area contributed by atoms with Gasteiger partial charge in [0.1, 0.15) is 5.82 Å². The quantitative estimate of drug-likeness (QED) is 0.774. The van der Waals surface area contributed by atoms with Crippen molar-refractivity contribution in [2.75, 3.05) is 9.91 Å². The molecule has 2 aromatic rings. The van der Waals surface area contributed by atoms with Crippen molar-refractivity contribution in [1.29, 1.82) is 0 Å². The first-order chi connectivity index (χ1) is 12.0. The molecule has 2 unspecified atom stereocenters. The van der Waals surface area contributed by atoms with E-state index in [-0.39, 0.29) is 0 Å². The molecule has 2 aromatic carbocycles. The average Bonchev–Trinajstić information content (AvgIpc) is 3.12. The molecule has 2 heterocycles. The minimum Gasteiger partial charge on any atom is -0.271 e. The number of carbonyl (C=O) groups excluding carboxylic acids is 2. The summed E-state index contributed by atoms with van der Waals surface area (Å²) < 4.78 is 13.5. The van der Waals surface area contributed by atoms with E-state index in [0.29, 0.717) is 16.4 Å². The van der Waals surface area contributed by atoms with Gasteiger partial charge in [0.25, 0.3) is 11.8 Å². The zero-order valence-electron chi connectivity index (χ0n) is 13.1. The van der Waals surface area contributed by atoms with Crippen LogP contribution in [0.15, 0.2) is 52.8 Å². The molecule has 2 aliphatic rings. The summed E-state index contributed by atoms with van der Waals surface area (Å²) in [5.74, 6) is -1.41. The van der Waals surface area contributed by atoms with Gasteiger partial charge < -0.3 is 0 Å². The normalized spacial score (nSPS) is 22.0. The van der Waals surface area contributed by atoms with E-state index in [9.17, 15) is 14.0 Å². The van der Waals surface area contributed by atoms with Gasteiger partial charge in [-0.05, 0) is 42.8 Å². The molecule has 1 fully saturated rings. The monoisotopic (exact) mass is 358 g/mol. The Morgan fingerprint density at radius 3 is 2.60 bits per heavy atom. The number of hydrogen-bond acceptors (Lipinski definition) is 5. The van der Waals surface area contributed by atoms with E-state index in [1.807, 2.05) is 6.92 Å². The molecular formula is C17H12ClFN4O2. The Morgan fingerprint density at radius 2 is 1.88 bits per heavy atom. The van der Waals surface area contributed by atoms with Gasteiger partial charge >= 0.3 is 0 Å². The fourth-order valence-corrected chi connectivity index (χ4v) is 3.14. The zero-order chi connectivity index (χ0) is 17.7. The Bertz CT molecular complexity index is 933. The van der Waals surface area contributed by atoms with E-state index < -0.39 is 29.7 Å². The van der Waals surface area contributed by atoms with Crippen LogP contribution < -0.4 is 9.91 Å². The van der Waals surface area contributed by atoms with E-state index in [1.165, 1.54) is 23.2 Å². The second-order valence-corrected chi connectivity index (χ2v) is 6.27. The van der Waals surface area contributed by atoms with Gasteiger partial charge in [-0.1, -0.05) is 29.0 Å². The average molecular weight is 359 g/mol. The molecule has 2 atom stereocenters. The number of benzene rings is 2. The van der Waals surface area contributed by atoms with Crippen LogP contribution in [0.3, 0.4) is 0 Å². The van der Waals surface area contributed by atoms with Gasteiger partial charge in [-0.25, -0.2) is 14.3 Å². The van der Waals surface area contributed by atoms with Gasteiger partial charge in [0.15, 0.2) is 12.1 Å². The zero-order valence-corrected chi connectivity index (χ0v) is 13.8. The summed E-state index contributed by atoms with van der Waals surface area (Å²) in [6.07, 6.45) is 0. The van der Waals surface area contributed by atoms with Gasteiger partial charge in [0.05, 0.1) is 11.4 Å². The van der Waals surface area contributed by atoms with Crippen molar-refractivity contribution in [3.8, 4) is 0 Å². The predicted molar refractivity (Wildman–Crippen MR) is 90.0 cm³/mol. The largest absolute Gasteiger partial charge is 0.271 e. The van der Waals surface area contributed by atoms with Gasteiger partial charge in [0, 0.05) is 5.02 Å². The second kappa shape index (κ2) is 5.63. The molecule has 2 aliphatic heterocycles. The number of rotatable bonds is 2. The Hall–Kier alpha value is -2.80. The molecule has 25 heavy (non-hydrogen) atoms. The summed E-state index contributed by atoms with van der Waals surface area (Å²) in [4.78, 5) is 26.6. The lowest BCUT2D eigenvalue weighted by Gasteiger charge is -2.20. The van der Waals surface area contributed by atoms with Crippen LogP contribution in [0, 0.1) is 12.7 Å². The minimum absolute atomic E-state index is 0.362. The lowest BCUT2D eigenvalue weighted by Crippen LogP contribution is -2.39. The second-order valence-electron chi connectivity index (χ2n) is 5.86. The van der Waals surface area contributed by atoms with Crippen molar-refractivity contribution in [2.45, 2.75) is 19.0 Å². The maximum atomic E-state index is 13.5. The molecule has 0 N–H and O–H groups in total. The highest BCUT2D eigenvalue weighted by Crippen LogP contribution is 2.36. The maximum absolute atomic E-state index is 13.5. The van der Waals surface area contributed by atoms with Crippen LogP contribution in [0.25, 0.3) is 0 Å². The summed E-state index contributed by atoms with van der Waals surface area (Å²) in [7, 11) is 0. The van der Waals surface area contributed by atoms with Gasteiger partial charge in [-0.3, -0.25) is 9.59 Å². The van der Waals surface area contributed by atoms with E-state index in [1.54, 1.807) is 24.3 Å². The number of anilines is 2. The van der Waals surface area contributed by atoms with Crippen molar-refractivity contribution in [2.24, 2.45) is 10.3 Å². The van der Waals surface area contributed by atoms with Crippen LogP contribution in [-0.4, -0.2) is 23.9 Å². The predicted octanol–water partition coefficient (Wildman–Crippen LogP) is 3.29. The molecular weight excluding hydrogens is 347 g/mol. The number of hydrogen-bond donors (Lipinski definition) is 0. The first-order valence-electron chi connectivity index (χ1n) is 7.57. The summed E-state index contributed by atoms with van der Waals surface area (Å²) in [5.41, 5.74) is 1.58. The molecule has 0 aromatic heterocycles. The van der Waals surface area contributed by atoms with Crippen LogP contribution >= 0.6 is 11.6 Å². The third kappa shape index (κ3) is 2.39. The third-order valence-corrected chi connectivity index (χ3v) is 4.68. The van der Waals surface area contributed by atoms with Gasteiger partial charge in [-0.15, -0.1) is 0 Å². The topological polar surface area (TPSA) is 65.3 Å². The highest BCUT2D eigenvalue weighted by atomic mass is 35.5. The molecule has 8 heteroatoms. The molecule has 0 radical (unpaired) electrons. The highest BCUT2D eigenvalue weighted by Gasteiger charge is 2.55. The Balaban J connectivity index is 1.71. The SMILES string of the molecule is Cc1ccc(N2C(=O)C3N=NN(c4cccc(F)c4)C3C2=O)cc1Cl. The number of nitrogens with zero attached hydrogens (tertiary/aromatic N) is 4. The lowest BCUT2D eigenvalue weighted by atomic mass is 10.1. The van der Waals surface area contributed by atoms with Crippen LogP contribution in [0.2, 0.25) is 5.02 Å². The molecule has 126 valence electrons. The van der Waals surface area contributed by atoms with E-state index in [2.05, 4.69) is 10.3 Å². The standard InChI is InChI=1S/C17H12ClFN4O2/c1-9-5-6-11(8-13(9)18)22-16(24)14-15(17(22)25)23(21-20-14)12-4-2-3-10(19)7-12/h2-8,14-15H,1H3. The third-order valence-electron chi connectivity index (χ3n) is 4.27. The number of amides is 2. The Labute approximate surface area is 147 Å². The molecule has 6 nitrogen and oxygen atoms in total. The molecule has 4 rings (SSSR count). The highest BCUT2D eigenvalue weighted by molar-refractivity contribution is 6.32. The minimum atomic E-state index is -0.948. The molecule has 0 bridgehead atoms. The van der Waals surface area contributed by atoms with Crippen molar-refractivity contribution >= 4 is 34.8 Å². The number of carbonyl (C=O) groups is 2. The number of fused-ring (bicyclic) bond motifs is 1. The molecule has 0 saturated carbocycles. The molecule has 1 saturated heterocycles. The van der Waals surface area contributed by atoms with Gasteiger partial charge in [-0.2, -0.15) is 5.11 Å². The Kier molecular flexibility index (Phi) is 3.54. The smallest absolute Gasteiger partial charge is 0.263 e. The van der Waals surface area contributed by atoms with Crippen LogP contribution in [0.5, 0.6) is 0 Å². The molecule has 0 spiro atoms. The van der Waals surface area contributed by atoms with Crippen molar-refractivity contribution in [3.63, 3.8) is 0 Å². The van der Waals surface area contributed by atoms with Crippen LogP contribution in [0.1, 0.15) is 5.56 Å².